The summed E-state index contributed by atoms with van der Waals surface area (Å²) < 4.78 is 5.26. The van der Waals surface area contributed by atoms with Gasteiger partial charge in [0.05, 0.1) is 18.8 Å². The standard InChI is InChI=1S/C14H18N2O4S/c17-13(18)2-1-12-9-11(10-21-12)14(19)15-3-4-16-5-7-20-8-6-16/h1-2,9-10H,3-8H2,(H,15,19)(H,17,18). The van der Waals surface area contributed by atoms with Crippen LogP contribution in [0.5, 0.6) is 0 Å². The highest BCUT2D eigenvalue weighted by atomic mass is 32.1. The second kappa shape index (κ2) is 7.92. The lowest BCUT2D eigenvalue weighted by molar-refractivity contribution is -0.131. The molecule has 0 atom stereocenters. The van der Waals surface area contributed by atoms with Crippen LogP contribution < -0.4 is 5.32 Å². The fraction of sp³-hybridized carbons (Fsp3) is 0.429. The molecule has 0 bridgehead atoms. The maximum atomic E-state index is 11.9. The van der Waals surface area contributed by atoms with Gasteiger partial charge in [0.2, 0.25) is 0 Å². The molecule has 1 aliphatic rings. The van der Waals surface area contributed by atoms with E-state index >= 15 is 0 Å². The molecule has 21 heavy (non-hydrogen) atoms. The zero-order valence-corrected chi connectivity index (χ0v) is 12.4. The Bertz CT molecular complexity index is 521. The van der Waals surface area contributed by atoms with Crippen LogP contribution in [0, 0.1) is 0 Å². The minimum absolute atomic E-state index is 0.130. The molecule has 1 aliphatic heterocycles. The average Bonchev–Trinajstić information content (AvgIpc) is 2.95. The number of aliphatic carboxylic acids is 1. The largest absolute Gasteiger partial charge is 0.478 e. The van der Waals surface area contributed by atoms with Crippen molar-refractivity contribution >= 4 is 29.3 Å². The first-order valence-electron chi connectivity index (χ1n) is 6.73. The Morgan fingerprint density at radius 1 is 1.43 bits per heavy atom. The Labute approximate surface area is 127 Å². The van der Waals surface area contributed by atoms with E-state index in [0.29, 0.717) is 12.1 Å². The summed E-state index contributed by atoms with van der Waals surface area (Å²) in [6.45, 7) is 4.70. The van der Waals surface area contributed by atoms with Crippen molar-refractivity contribution in [3.8, 4) is 0 Å². The summed E-state index contributed by atoms with van der Waals surface area (Å²) in [5.74, 6) is -1.13. The molecule has 0 saturated carbocycles. The van der Waals surface area contributed by atoms with Gasteiger partial charge < -0.3 is 15.2 Å². The van der Waals surface area contributed by atoms with E-state index in [9.17, 15) is 9.59 Å². The van der Waals surface area contributed by atoms with Gasteiger partial charge in [0, 0.05) is 42.5 Å². The number of carboxylic acid groups (broad SMARTS) is 1. The first-order chi connectivity index (χ1) is 10.1. The smallest absolute Gasteiger partial charge is 0.328 e. The van der Waals surface area contributed by atoms with Gasteiger partial charge in [-0.1, -0.05) is 0 Å². The van der Waals surface area contributed by atoms with Crippen LogP contribution in [0.25, 0.3) is 6.08 Å². The zero-order valence-electron chi connectivity index (χ0n) is 11.6. The summed E-state index contributed by atoms with van der Waals surface area (Å²) in [5, 5.41) is 13.2. The normalized spacial score (nSPS) is 16.2. The summed E-state index contributed by atoms with van der Waals surface area (Å²) in [6, 6.07) is 1.69. The minimum Gasteiger partial charge on any atom is -0.478 e. The fourth-order valence-corrected chi connectivity index (χ4v) is 2.75. The molecule has 0 spiro atoms. The molecule has 0 unspecified atom stereocenters. The van der Waals surface area contributed by atoms with Gasteiger partial charge in [-0.15, -0.1) is 11.3 Å². The van der Waals surface area contributed by atoms with Crippen molar-refractivity contribution in [1.29, 1.82) is 0 Å². The molecular formula is C14H18N2O4S. The summed E-state index contributed by atoms with van der Waals surface area (Å²) >= 11 is 1.34. The first-order valence-corrected chi connectivity index (χ1v) is 7.61. The van der Waals surface area contributed by atoms with Gasteiger partial charge in [-0.05, 0) is 12.1 Å². The molecule has 1 aromatic rings. The number of nitrogens with one attached hydrogen (secondary N) is 1. The van der Waals surface area contributed by atoms with E-state index in [-0.39, 0.29) is 5.91 Å². The second-order valence-electron chi connectivity index (χ2n) is 4.62. The lowest BCUT2D eigenvalue weighted by Crippen LogP contribution is -2.41. The van der Waals surface area contributed by atoms with Crippen LogP contribution in [0.3, 0.4) is 0 Å². The van der Waals surface area contributed by atoms with Crippen molar-refractivity contribution in [2.24, 2.45) is 0 Å². The molecule has 1 saturated heterocycles. The van der Waals surface area contributed by atoms with Crippen LogP contribution in [0.15, 0.2) is 17.5 Å². The number of amides is 1. The molecule has 6 nitrogen and oxygen atoms in total. The SMILES string of the molecule is O=C(O)C=Cc1cc(C(=O)NCCN2CCOCC2)cs1. The number of hydrogen-bond acceptors (Lipinski definition) is 5. The number of carbonyl (C=O) groups is 2. The van der Waals surface area contributed by atoms with Crippen LogP contribution >= 0.6 is 11.3 Å². The average molecular weight is 310 g/mol. The number of thiophene rings is 1. The van der Waals surface area contributed by atoms with E-state index in [4.69, 9.17) is 9.84 Å². The topological polar surface area (TPSA) is 78.9 Å². The molecule has 0 aromatic carbocycles. The Morgan fingerprint density at radius 3 is 2.90 bits per heavy atom. The number of morpholine rings is 1. The first kappa shape index (κ1) is 15.7. The molecule has 2 rings (SSSR count). The van der Waals surface area contributed by atoms with Gasteiger partial charge >= 0.3 is 5.97 Å². The summed E-state index contributed by atoms with van der Waals surface area (Å²) in [4.78, 5) is 25.4. The monoisotopic (exact) mass is 310 g/mol. The van der Waals surface area contributed by atoms with Crippen LogP contribution in [0.1, 0.15) is 15.2 Å². The summed E-state index contributed by atoms with van der Waals surface area (Å²) in [5.41, 5.74) is 0.562. The van der Waals surface area contributed by atoms with E-state index in [0.717, 1.165) is 43.8 Å². The van der Waals surface area contributed by atoms with Crippen LogP contribution in [-0.2, 0) is 9.53 Å². The number of carbonyl (C=O) groups excluding carboxylic acids is 1. The van der Waals surface area contributed by atoms with Crippen molar-refractivity contribution < 1.29 is 19.4 Å². The molecule has 7 heteroatoms. The highest BCUT2D eigenvalue weighted by Gasteiger charge is 2.11. The van der Waals surface area contributed by atoms with Crippen molar-refractivity contribution in [1.82, 2.24) is 10.2 Å². The molecule has 1 fully saturated rings. The molecule has 114 valence electrons. The van der Waals surface area contributed by atoms with E-state index in [1.54, 1.807) is 11.4 Å². The third kappa shape index (κ3) is 5.30. The van der Waals surface area contributed by atoms with Gasteiger partial charge in [-0.3, -0.25) is 9.69 Å². The number of nitrogens with zero attached hydrogens (tertiary/aromatic N) is 1. The van der Waals surface area contributed by atoms with Gasteiger partial charge in [0.15, 0.2) is 0 Å². The number of rotatable bonds is 6. The highest BCUT2D eigenvalue weighted by molar-refractivity contribution is 7.11. The van der Waals surface area contributed by atoms with Crippen molar-refractivity contribution in [2.75, 3.05) is 39.4 Å². The Balaban J connectivity index is 1.76. The van der Waals surface area contributed by atoms with E-state index in [1.807, 2.05) is 0 Å². The number of ether oxygens (including phenoxy) is 1. The fourth-order valence-electron chi connectivity index (χ4n) is 1.97. The quantitative estimate of drug-likeness (QED) is 0.764. The van der Waals surface area contributed by atoms with E-state index in [2.05, 4.69) is 10.2 Å². The predicted octanol–water partition coefficient (Wildman–Crippen LogP) is 0.908. The molecule has 0 aliphatic carbocycles. The Morgan fingerprint density at radius 2 is 2.19 bits per heavy atom. The zero-order chi connectivity index (χ0) is 15.1. The van der Waals surface area contributed by atoms with E-state index < -0.39 is 5.97 Å². The van der Waals surface area contributed by atoms with Gasteiger partial charge in [0.25, 0.3) is 5.91 Å². The van der Waals surface area contributed by atoms with E-state index in [1.165, 1.54) is 17.4 Å². The molecule has 2 N–H and O–H groups in total. The van der Waals surface area contributed by atoms with Gasteiger partial charge in [-0.2, -0.15) is 0 Å². The van der Waals surface area contributed by atoms with Crippen LogP contribution in [-0.4, -0.2) is 61.3 Å². The summed E-state index contributed by atoms with van der Waals surface area (Å²) in [6.07, 6.45) is 2.55. The minimum atomic E-state index is -1.00. The lowest BCUT2D eigenvalue weighted by atomic mass is 10.3. The van der Waals surface area contributed by atoms with Gasteiger partial charge in [0.1, 0.15) is 0 Å². The summed E-state index contributed by atoms with van der Waals surface area (Å²) in [7, 11) is 0. The number of carboxylic acids is 1. The third-order valence-electron chi connectivity index (χ3n) is 3.09. The van der Waals surface area contributed by atoms with Crippen molar-refractivity contribution in [3.05, 3.63) is 28.0 Å². The molecule has 0 radical (unpaired) electrons. The maximum Gasteiger partial charge on any atom is 0.328 e. The molecular weight excluding hydrogens is 292 g/mol. The molecule has 1 aromatic heterocycles. The Hall–Kier alpha value is -1.70. The second-order valence-corrected chi connectivity index (χ2v) is 5.56. The highest BCUT2D eigenvalue weighted by Crippen LogP contribution is 2.16. The third-order valence-corrected chi connectivity index (χ3v) is 3.99. The molecule has 1 amide bonds. The Kier molecular flexibility index (Phi) is 5.91. The predicted molar refractivity (Wildman–Crippen MR) is 80.6 cm³/mol. The van der Waals surface area contributed by atoms with Crippen molar-refractivity contribution in [2.45, 2.75) is 0 Å². The number of hydrogen-bond donors (Lipinski definition) is 2. The molecule has 2 heterocycles. The van der Waals surface area contributed by atoms with Crippen LogP contribution in [0.2, 0.25) is 0 Å². The van der Waals surface area contributed by atoms with Crippen LogP contribution in [0.4, 0.5) is 0 Å². The van der Waals surface area contributed by atoms with Crippen molar-refractivity contribution in [3.63, 3.8) is 0 Å². The van der Waals surface area contributed by atoms with Gasteiger partial charge in [-0.25, -0.2) is 4.79 Å². The maximum absolute atomic E-state index is 11.9. The lowest BCUT2D eigenvalue weighted by Gasteiger charge is -2.26.